The third kappa shape index (κ3) is 4.80. The molecule has 1 amide bonds. The van der Waals surface area contributed by atoms with E-state index in [0.29, 0.717) is 6.54 Å². The summed E-state index contributed by atoms with van der Waals surface area (Å²) in [5, 5.41) is 12.5. The summed E-state index contributed by atoms with van der Waals surface area (Å²) < 4.78 is 0.884. The second-order valence-corrected chi connectivity index (χ2v) is 5.98. The van der Waals surface area contributed by atoms with Gasteiger partial charge in [-0.15, -0.1) is 0 Å². The molecule has 0 unspecified atom stereocenters. The molecule has 0 radical (unpaired) electrons. The average Bonchev–Trinajstić information content (AvgIpc) is 2.35. The number of nitrogens with one attached hydrogen (secondary N) is 1. The standard InChI is InChI=1S/C15H23BrN2O2/c1-5-18(9-15(20)17-10(2)3)14-7-6-12(11(4)19)8-13(14)16/h6-8,10-11,19H,5,9H2,1-4H3,(H,17,20)/t11-/m0/s1. The molecule has 0 fully saturated rings. The van der Waals surface area contributed by atoms with Crippen molar-refractivity contribution in [2.24, 2.45) is 0 Å². The number of anilines is 1. The number of rotatable bonds is 6. The Balaban J connectivity index is 2.87. The van der Waals surface area contributed by atoms with Gasteiger partial charge in [0, 0.05) is 17.1 Å². The van der Waals surface area contributed by atoms with Gasteiger partial charge in [0.15, 0.2) is 0 Å². The van der Waals surface area contributed by atoms with Crippen molar-refractivity contribution in [3.05, 3.63) is 28.2 Å². The second kappa shape index (κ2) is 7.64. The van der Waals surface area contributed by atoms with Crippen LogP contribution < -0.4 is 10.2 Å². The molecule has 2 N–H and O–H groups in total. The number of nitrogens with zero attached hydrogens (tertiary/aromatic N) is 1. The Hall–Kier alpha value is -1.07. The highest BCUT2D eigenvalue weighted by molar-refractivity contribution is 9.10. The average molecular weight is 343 g/mol. The van der Waals surface area contributed by atoms with E-state index >= 15 is 0 Å². The number of carbonyl (C=O) groups is 1. The van der Waals surface area contributed by atoms with Crippen LogP contribution in [0.2, 0.25) is 0 Å². The number of amides is 1. The maximum absolute atomic E-state index is 11.9. The molecule has 0 spiro atoms. The van der Waals surface area contributed by atoms with E-state index in [0.717, 1.165) is 22.3 Å². The van der Waals surface area contributed by atoms with Gasteiger partial charge in [0.05, 0.1) is 18.3 Å². The van der Waals surface area contributed by atoms with Crippen LogP contribution in [0, 0.1) is 0 Å². The first-order valence-corrected chi connectivity index (χ1v) is 7.66. The van der Waals surface area contributed by atoms with Gasteiger partial charge in [-0.2, -0.15) is 0 Å². The third-order valence-electron chi connectivity index (χ3n) is 2.96. The molecule has 0 aromatic heterocycles. The van der Waals surface area contributed by atoms with Crippen LogP contribution in [0.15, 0.2) is 22.7 Å². The Labute approximate surface area is 129 Å². The number of aliphatic hydroxyl groups is 1. The van der Waals surface area contributed by atoms with Crippen LogP contribution in [0.1, 0.15) is 39.4 Å². The molecule has 20 heavy (non-hydrogen) atoms. The molecule has 0 heterocycles. The molecular formula is C15H23BrN2O2. The van der Waals surface area contributed by atoms with Crippen molar-refractivity contribution in [3.8, 4) is 0 Å². The van der Waals surface area contributed by atoms with Gasteiger partial charge in [-0.3, -0.25) is 4.79 Å². The lowest BCUT2D eigenvalue weighted by Crippen LogP contribution is -2.40. The summed E-state index contributed by atoms with van der Waals surface area (Å²) in [6.07, 6.45) is -0.500. The number of hydrogen-bond donors (Lipinski definition) is 2. The molecule has 1 aromatic rings. The van der Waals surface area contributed by atoms with Gasteiger partial charge >= 0.3 is 0 Å². The number of benzene rings is 1. The smallest absolute Gasteiger partial charge is 0.239 e. The van der Waals surface area contributed by atoms with Crippen LogP contribution in [0.5, 0.6) is 0 Å². The van der Waals surface area contributed by atoms with E-state index in [1.807, 2.05) is 43.9 Å². The molecule has 5 heteroatoms. The summed E-state index contributed by atoms with van der Waals surface area (Å²) >= 11 is 3.51. The first kappa shape index (κ1) is 17.0. The van der Waals surface area contributed by atoms with Crippen molar-refractivity contribution in [2.75, 3.05) is 18.0 Å². The van der Waals surface area contributed by atoms with Gasteiger partial charge in [0.2, 0.25) is 5.91 Å². The van der Waals surface area contributed by atoms with Gasteiger partial charge in [-0.1, -0.05) is 6.07 Å². The number of carbonyl (C=O) groups excluding carboxylic acids is 1. The van der Waals surface area contributed by atoms with Crippen LogP contribution in [0.4, 0.5) is 5.69 Å². The molecule has 0 saturated carbocycles. The van der Waals surface area contributed by atoms with E-state index in [-0.39, 0.29) is 11.9 Å². The maximum atomic E-state index is 11.9. The van der Waals surface area contributed by atoms with Gasteiger partial charge in [-0.05, 0) is 61.3 Å². The highest BCUT2D eigenvalue weighted by Gasteiger charge is 2.14. The fourth-order valence-electron chi connectivity index (χ4n) is 1.95. The monoisotopic (exact) mass is 342 g/mol. The summed E-state index contributed by atoms with van der Waals surface area (Å²) in [5.74, 6) is 0.00773. The Morgan fingerprint density at radius 1 is 1.40 bits per heavy atom. The van der Waals surface area contributed by atoms with E-state index in [2.05, 4.69) is 21.2 Å². The lowest BCUT2D eigenvalue weighted by Gasteiger charge is -2.25. The minimum Gasteiger partial charge on any atom is -0.389 e. The van der Waals surface area contributed by atoms with Crippen molar-refractivity contribution in [1.29, 1.82) is 0 Å². The fourth-order valence-corrected chi connectivity index (χ4v) is 2.60. The Morgan fingerprint density at radius 3 is 2.50 bits per heavy atom. The van der Waals surface area contributed by atoms with Crippen molar-refractivity contribution < 1.29 is 9.90 Å². The minimum absolute atomic E-state index is 0.00773. The highest BCUT2D eigenvalue weighted by atomic mass is 79.9. The molecule has 112 valence electrons. The molecule has 1 rings (SSSR count). The molecule has 0 aliphatic heterocycles. The lowest BCUT2D eigenvalue weighted by molar-refractivity contribution is -0.120. The molecular weight excluding hydrogens is 320 g/mol. The van der Waals surface area contributed by atoms with E-state index in [1.165, 1.54) is 0 Å². The topological polar surface area (TPSA) is 52.6 Å². The van der Waals surface area contributed by atoms with Crippen LogP contribution in [-0.4, -0.2) is 30.1 Å². The second-order valence-electron chi connectivity index (χ2n) is 5.12. The zero-order valence-corrected chi connectivity index (χ0v) is 14.1. The summed E-state index contributed by atoms with van der Waals surface area (Å²) in [6.45, 7) is 8.69. The van der Waals surface area contributed by atoms with Gasteiger partial charge in [0.25, 0.3) is 0 Å². The van der Waals surface area contributed by atoms with E-state index in [4.69, 9.17) is 0 Å². The van der Waals surface area contributed by atoms with Crippen LogP contribution in [0.25, 0.3) is 0 Å². The highest BCUT2D eigenvalue weighted by Crippen LogP contribution is 2.29. The number of hydrogen-bond acceptors (Lipinski definition) is 3. The third-order valence-corrected chi connectivity index (χ3v) is 3.60. The van der Waals surface area contributed by atoms with Gasteiger partial charge in [0.1, 0.15) is 0 Å². The quantitative estimate of drug-likeness (QED) is 0.835. The first-order chi connectivity index (χ1) is 9.35. The number of halogens is 1. The van der Waals surface area contributed by atoms with E-state index < -0.39 is 6.10 Å². The van der Waals surface area contributed by atoms with Crippen molar-refractivity contribution in [1.82, 2.24) is 5.32 Å². The molecule has 1 atom stereocenters. The molecule has 1 aromatic carbocycles. The summed E-state index contributed by atoms with van der Waals surface area (Å²) in [7, 11) is 0. The lowest BCUT2D eigenvalue weighted by atomic mass is 10.1. The number of likely N-dealkylation sites (N-methyl/N-ethyl adjacent to an activating group) is 1. The molecule has 0 bridgehead atoms. The first-order valence-electron chi connectivity index (χ1n) is 6.87. The van der Waals surface area contributed by atoms with E-state index in [9.17, 15) is 9.90 Å². The fraction of sp³-hybridized carbons (Fsp3) is 0.533. The summed E-state index contributed by atoms with van der Waals surface area (Å²) in [4.78, 5) is 13.9. The normalized spacial score (nSPS) is 12.3. The van der Waals surface area contributed by atoms with Gasteiger partial charge < -0.3 is 15.3 Å². The molecule has 0 aliphatic carbocycles. The molecule has 0 aliphatic rings. The van der Waals surface area contributed by atoms with Crippen molar-refractivity contribution in [3.63, 3.8) is 0 Å². The van der Waals surface area contributed by atoms with Crippen molar-refractivity contribution >= 4 is 27.5 Å². The largest absolute Gasteiger partial charge is 0.389 e. The number of aliphatic hydroxyl groups excluding tert-OH is 1. The van der Waals surface area contributed by atoms with Crippen molar-refractivity contribution in [2.45, 2.75) is 39.8 Å². The minimum atomic E-state index is -0.500. The maximum Gasteiger partial charge on any atom is 0.239 e. The van der Waals surface area contributed by atoms with E-state index in [1.54, 1.807) is 6.92 Å². The Bertz CT molecular complexity index is 461. The van der Waals surface area contributed by atoms with Crippen LogP contribution in [0.3, 0.4) is 0 Å². The summed E-state index contributed by atoms with van der Waals surface area (Å²) in [5.41, 5.74) is 1.80. The SMILES string of the molecule is CCN(CC(=O)NC(C)C)c1ccc([C@H](C)O)cc1Br. The summed E-state index contributed by atoms with van der Waals surface area (Å²) in [6, 6.07) is 5.84. The predicted octanol–water partition coefficient (Wildman–Crippen LogP) is 2.85. The molecule has 0 saturated heterocycles. The Morgan fingerprint density at radius 2 is 2.05 bits per heavy atom. The zero-order chi connectivity index (χ0) is 15.3. The Kier molecular flexibility index (Phi) is 6.49. The zero-order valence-electron chi connectivity index (χ0n) is 12.5. The predicted molar refractivity (Wildman–Crippen MR) is 85.9 cm³/mol. The van der Waals surface area contributed by atoms with Crippen LogP contribution >= 0.6 is 15.9 Å². The van der Waals surface area contributed by atoms with Gasteiger partial charge in [-0.25, -0.2) is 0 Å². The molecule has 4 nitrogen and oxygen atoms in total. The van der Waals surface area contributed by atoms with Crippen LogP contribution in [-0.2, 0) is 4.79 Å².